The molecule has 1 rings (SSSR count). The van der Waals surface area contributed by atoms with Crippen LogP contribution in [-0.4, -0.2) is 58.4 Å². The Balaban J connectivity index is 0.0000122. The predicted molar refractivity (Wildman–Crippen MR) is 81.4 cm³/mol. The monoisotopic (exact) mass is 700 g/mol. The van der Waals surface area contributed by atoms with E-state index < -0.39 is 59.8 Å². The molecule has 212 valence electrons. The molecule has 0 amide bonds. The van der Waals surface area contributed by atoms with Gasteiger partial charge in [-0.1, -0.05) is 0 Å². The lowest BCUT2D eigenvalue weighted by atomic mass is 9.88. The minimum atomic E-state index is -8.61. The maximum atomic E-state index is 13.8. The molecule has 0 spiro atoms. The highest BCUT2D eigenvalue weighted by atomic mass is 127. The average molecular weight is 700 g/mol. The van der Waals surface area contributed by atoms with Gasteiger partial charge in [-0.05, 0) is 16.7 Å². The number of hydrogen-bond donors (Lipinski definition) is 0. The van der Waals surface area contributed by atoms with E-state index in [1.807, 2.05) is 0 Å². The van der Waals surface area contributed by atoms with Crippen LogP contribution in [0.1, 0.15) is 6.42 Å². The Kier molecular flexibility index (Phi) is 9.97. The second-order valence-corrected chi connectivity index (χ2v) is 7.82. The van der Waals surface area contributed by atoms with Gasteiger partial charge in [-0.25, -0.2) is 4.57 Å². The zero-order valence-electron chi connectivity index (χ0n) is 16.8. The molecule has 0 aliphatic rings. The first kappa shape index (κ1) is 35.0. The van der Waals surface area contributed by atoms with Crippen LogP contribution < -0.4 is 28.5 Å². The fourth-order valence-electron chi connectivity index (χ4n) is 2.19. The normalized spacial score (nSPS) is 15.1. The fraction of sp³-hybridized carbons (Fsp3) is 0.733. The molecule has 1 aromatic heterocycles. The number of aryl methyl sites for hydroxylation is 1. The van der Waals surface area contributed by atoms with Crippen LogP contribution in [0.2, 0.25) is 0 Å². The van der Waals surface area contributed by atoms with Gasteiger partial charge in [0.1, 0.15) is 6.20 Å². The molecule has 36 heavy (non-hydrogen) atoms. The van der Waals surface area contributed by atoms with Crippen LogP contribution in [0.3, 0.4) is 0 Å². The molecular formula is C15H10F17IN2S. The Hall–Kier alpha value is -1.03. The highest BCUT2D eigenvalue weighted by Gasteiger charge is 2.95. The van der Waals surface area contributed by atoms with Gasteiger partial charge < -0.3 is 24.0 Å². The van der Waals surface area contributed by atoms with Gasteiger partial charge in [0.2, 0.25) is 0 Å². The lowest BCUT2D eigenvalue weighted by Crippen LogP contribution is -3.00. The van der Waals surface area contributed by atoms with Crippen molar-refractivity contribution in [1.29, 1.82) is 0 Å². The summed E-state index contributed by atoms with van der Waals surface area (Å²) in [6.07, 6.45) is -8.00. The molecule has 1 heterocycles. The molecule has 0 N–H and O–H groups in total. The minimum Gasteiger partial charge on any atom is -1.00 e. The maximum Gasteiger partial charge on any atom is 0.460 e. The topological polar surface area (TPSA) is 16.8 Å². The van der Waals surface area contributed by atoms with Crippen LogP contribution in [0.5, 0.6) is 0 Å². The number of rotatable bonds is 10. The third-order valence-electron chi connectivity index (χ3n) is 4.32. The lowest BCUT2D eigenvalue weighted by Gasteiger charge is -2.42. The van der Waals surface area contributed by atoms with E-state index in [1.165, 1.54) is 19.3 Å². The molecular weight excluding hydrogens is 690 g/mol. The summed E-state index contributed by atoms with van der Waals surface area (Å²) < 4.78 is 225. The highest BCUT2D eigenvalue weighted by molar-refractivity contribution is 7.99. The summed E-state index contributed by atoms with van der Waals surface area (Å²) in [6, 6.07) is 1.29. The van der Waals surface area contributed by atoms with Crippen LogP contribution in [0.4, 0.5) is 74.6 Å². The van der Waals surface area contributed by atoms with Crippen molar-refractivity contribution in [3.63, 3.8) is 0 Å². The van der Waals surface area contributed by atoms with Crippen LogP contribution in [0.15, 0.2) is 23.6 Å². The molecule has 0 fully saturated rings. The van der Waals surface area contributed by atoms with Crippen LogP contribution in [-0.2, 0) is 7.05 Å². The van der Waals surface area contributed by atoms with E-state index in [1.54, 1.807) is 0 Å². The first-order valence-corrected chi connectivity index (χ1v) is 9.37. The smallest absolute Gasteiger partial charge is 0.460 e. The molecule has 0 aliphatic heterocycles. The molecule has 0 unspecified atom stereocenters. The Morgan fingerprint density at radius 2 is 1.06 bits per heavy atom. The molecule has 0 atom stereocenters. The molecule has 0 aromatic carbocycles. The van der Waals surface area contributed by atoms with Gasteiger partial charge in [0.05, 0.1) is 13.2 Å². The Morgan fingerprint density at radius 3 is 1.44 bits per heavy atom. The summed E-state index contributed by atoms with van der Waals surface area (Å²) in [5, 5.41) is -0.232. The van der Waals surface area contributed by atoms with Crippen LogP contribution in [0, 0.1) is 0 Å². The van der Waals surface area contributed by atoms with E-state index in [2.05, 4.69) is 4.98 Å². The SMILES string of the molecule is C[n+]1cccnc1SCCC(F)(F)C(F)(F)C(F)(F)C(F)(F)C(F)(F)C(F)(F)C(F)(F)C(F)(F)F.[I-]. The molecule has 0 aliphatic carbocycles. The zero-order chi connectivity index (χ0) is 28.1. The highest BCUT2D eigenvalue weighted by Crippen LogP contribution is 2.64. The second kappa shape index (κ2) is 10.3. The van der Waals surface area contributed by atoms with Crippen molar-refractivity contribution in [2.45, 2.75) is 59.2 Å². The van der Waals surface area contributed by atoms with Gasteiger partial charge in [-0.2, -0.15) is 74.6 Å². The molecule has 0 saturated carbocycles. The molecule has 0 saturated heterocycles. The van der Waals surface area contributed by atoms with E-state index in [4.69, 9.17) is 0 Å². The summed E-state index contributed by atoms with van der Waals surface area (Å²) in [5.41, 5.74) is 0. The third-order valence-corrected chi connectivity index (χ3v) is 5.38. The van der Waals surface area contributed by atoms with E-state index in [0.717, 1.165) is 10.8 Å². The van der Waals surface area contributed by atoms with Crippen LogP contribution in [0.25, 0.3) is 0 Å². The van der Waals surface area contributed by atoms with Gasteiger partial charge in [-0.3, -0.25) is 0 Å². The van der Waals surface area contributed by atoms with Gasteiger partial charge in [-0.15, -0.1) is 0 Å². The Labute approximate surface area is 210 Å². The van der Waals surface area contributed by atoms with Crippen molar-refractivity contribution in [3.05, 3.63) is 18.5 Å². The van der Waals surface area contributed by atoms with Crippen molar-refractivity contribution < 1.29 is 103 Å². The van der Waals surface area contributed by atoms with Crippen LogP contribution >= 0.6 is 11.8 Å². The Bertz CT molecular complexity index is 902. The molecule has 2 nitrogen and oxygen atoms in total. The molecule has 21 heteroatoms. The quantitative estimate of drug-likeness (QED) is 0.123. The summed E-state index contributed by atoms with van der Waals surface area (Å²) in [6.45, 7) is 0. The zero-order valence-corrected chi connectivity index (χ0v) is 19.7. The molecule has 1 aromatic rings. The second-order valence-electron chi connectivity index (χ2n) is 6.76. The maximum absolute atomic E-state index is 13.8. The fourth-order valence-corrected chi connectivity index (χ4v) is 3.13. The number of halogens is 18. The first-order chi connectivity index (χ1) is 15.2. The number of aromatic nitrogens is 2. The number of hydrogen-bond acceptors (Lipinski definition) is 2. The average Bonchev–Trinajstić information content (AvgIpc) is 2.67. The minimum absolute atomic E-state index is 0. The number of nitrogens with zero attached hydrogens (tertiary/aromatic N) is 2. The van der Waals surface area contributed by atoms with E-state index >= 15 is 0 Å². The van der Waals surface area contributed by atoms with Crippen molar-refractivity contribution in [1.82, 2.24) is 4.98 Å². The van der Waals surface area contributed by atoms with Gasteiger partial charge in [0, 0.05) is 18.2 Å². The Morgan fingerprint density at radius 1 is 0.667 bits per heavy atom. The lowest BCUT2D eigenvalue weighted by molar-refractivity contribution is -0.713. The van der Waals surface area contributed by atoms with Crippen molar-refractivity contribution in [2.75, 3.05) is 5.75 Å². The first-order valence-electron chi connectivity index (χ1n) is 8.39. The summed E-state index contributed by atoms with van der Waals surface area (Å²) in [5.74, 6) is -57.5. The molecule has 0 bridgehead atoms. The van der Waals surface area contributed by atoms with E-state index in [-0.39, 0.29) is 40.9 Å². The largest absolute Gasteiger partial charge is 1.00 e. The summed E-state index contributed by atoms with van der Waals surface area (Å²) in [4.78, 5) is 3.53. The van der Waals surface area contributed by atoms with Crippen molar-refractivity contribution >= 4 is 11.8 Å². The predicted octanol–water partition coefficient (Wildman–Crippen LogP) is 3.40. The van der Waals surface area contributed by atoms with Gasteiger partial charge in [0.15, 0.2) is 0 Å². The third kappa shape index (κ3) is 5.27. The van der Waals surface area contributed by atoms with Gasteiger partial charge in [0.25, 0.3) is 0 Å². The van der Waals surface area contributed by atoms with E-state index in [9.17, 15) is 74.6 Å². The number of thioether (sulfide) groups is 1. The van der Waals surface area contributed by atoms with E-state index in [0.29, 0.717) is 0 Å². The standard InChI is InChI=1S/C15H10F17N2S.HI/c1-34-5-2-4-33-7(34)35-6-3-8(16,17)9(18,19)10(20,21)11(22,23)12(24,25)13(26,27)14(28,29)15(30,31)32;/h2,4-5H,3,6H2,1H3;1H/q+1;/p-1. The van der Waals surface area contributed by atoms with Crippen molar-refractivity contribution in [3.8, 4) is 0 Å². The van der Waals surface area contributed by atoms with Crippen molar-refractivity contribution in [2.24, 2.45) is 7.05 Å². The number of alkyl halides is 17. The molecule has 0 radical (unpaired) electrons. The summed E-state index contributed by atoms with van der Waals surface area (Å²) >= 11 is 0.138. The summed E-state index contributed by atoms with van der Waals surface area (Å²) in [7, 11) is 1.23. The van der Waals surface area contributed by atoms with Gasteiger partial charge >= 0.3 is 52.8 Å².